The fourth-order valence-corrected chi connectivity index (χ4v) is 2.83. The summed E-state index contributed by atoms with van der Waals surface area (Å²) in [5.74, 6) is -0.252. The molecule has 0 aliphatic heterocycles. The van der Waals surface area contributed by atoms with Gasteiger partial charge in [0.1, 0.15) is 6.61 Å². The highest BCUT2D eigenvalue weighted by molar-refractivity contribution is 5.94. The van der Waals surface area contributed by atoms with Crippen LogP contribution in [0.5, 0.6) is 0 Å². The van der Waals surface area contributed by atoms with Crippen molar-refractivity contribution in [2.75, 3.05) is 30.9 Å². The lowest BCUT2D eigenvalue weighted by Crippen LogP contribution is -2.30. The van der Waals surface area contributed by atoms with E-state index in [1.54, 1.807) is 24.3 Å². The number of aromatic nitrogens is 1. The summed E-state index contributed by atoms with van der Waals surface area (Å²) in [5.41, 5.74) is 3.43. The van der Waals surface area contributed by atoms with Crippen LogP contribution in [0, 0.1) is 0 Å². The Morgan fingerprint density at radius 3 is 2.63 bits per heavy atom. The van der Waals surface area contributed by atoms with E-state index in [4.69, 9.17) is 4.74 Å². The van der Waals surface area contributed by atoms with Crippen molar-refractivity contribution in [1.82, 2.24) is 10.3 Å². The first-order valence-corrected chi connectivity index (χ1v) is 8.64. The normalized spacial score (nSPS) is 10.6. The van der Waals surface area contributed by atoms with E-state index >= 15 is 0 Å². The van der Waals surface area contributed by atoms with E-state index in [2.05, 4.69) is 27.0 Å². The minimum atomic E-state index is -0.296. The molecule has 0 spiro atoms. The third-order valence-corrected chi connectivity index (χ3v) is 4.03. The highest BCUT2D eigenvalue weighted by atomic mass is 16.5. The zero-order chi connectivity index (χ0) is 19.1. The van der Waals surface area contributed by atoms with Crippen molar-refractivity contribution in [3.63, 3.8) is 0 Å². The van der Waals surface area contributed by atoms with E-state index in [0.29, 0.717) is 17.9 Å². The van der Waals surface area contributed by atoms with Crippen LogP contribution in [0.15, 0.2) is 54.7 Å². The Morgan fingerprint density at radius 1 is 1.04 bits per heavy atom. The number of hydrogen-bond donors (Lipinski definition) is 4. The standard InChI is InChI=1S/C20H22N4O3/c1-27-13-19(25)23-15-5-4-6-16(11-15)24-20(26)21-10-9-14-12-22-18-8-3-2-7-17(14)18/h2-8,11-12,22H,9-10,13H2,1H3,(H,23,25)(H2,21,24,26). The first-order chi connectivity index (χ1) is 13.2. The topological polar surface area (TPSA) is 95.2 Å². The van der Waals surface area contributed by atoms with Crippen LogP contribution in [0.25, 0.3) is 10.9 Å². The number of benzene rings is 2. The molecule has 3 amide bonds. The van der Waals surface area contributed by atoms with Crippen LogP contribution in [0.1, 0.15) is 5.56 Å². The Kier molecular flexibility index (Phi) is 6.06. The van der Waals surface area contributed by atoms with Crippen molar-refractivity contribution < 1.29 is 14.3 Å². The number of amides is 3. The summed E-state index contributed by atoms with van der Waals surface area (Å²) >= 11 is 0. The molecule has 0 radical (unpaired) electrons. The number of carbonyl (C=O) groups excluding carboxylic acids is 2. The van der Waals surface area contributed by atoms with Crippen LogP contribution in [0.4, 0.5) is 16.2 Å². The van der Waals surface area contributed by atoms with Crippen LogP contribution in [-0.4, -0.2) is 37.2 Å². The van der Waals surface area contributed by atoms with E-state index in [1.807, 2.05) is 24.4 Å². The summed E-state index contributed by atoms with van der Waals surface area (Å²) in [5, 5.41) is 9.47. The number of nitrogens with one attached hydrogen (secondary N) is 4. The Morgan fingerprint density at radius 2 is 1.81 bits per heavy atom. The number of hydrogen-bond acceptors (Lipinski definition) is 3. The van der Waals surface area contributed by atoms with Gasteiger partial charge in [-0.1, -0.05) is 24.3 Å². The van der Waals surface area contributed by atoms with Gasteiger partial charge in [-0.25, -0.2) is 4.79 Å². The van der Waals surface area contributed by atoms with Crippen LogP contribution in [0.3, 0.4) is 0 Å². The zero-order valence-corrected chi connectivity index (χ0v) is 15.0. The first-order valence-electron chi connectivity index (χ1n) is 8.64. The number of carbonyl (C=O) groups is 2. The number of urea groups is 1. The quantitative estimate of drug-likeness (QED) is 0.517. The van der Waals surface area contributed by atoms with Crippen molar-refractivity contribution in [3.8, 4) is 0 Å². The van der Waals surface area contributed by atoms with Gasteiger partial charge in [0.2, 0.25) is 5.91 Å². The molecular weight excluding hydrogens is 344 g/mol. The number of fused-ring (bicyclic) bond motifs is 1. The predicted octanol–water partition coefficient (Wildman–Crippen LogP) is 3.12. The lowest BCUT2D eigenvalue weighted by atomic mass is 10.1. The summed E-state index contributed by atoms with van der Waals surface area (Å²) in [6.45, 7) is 0.490. The van der Waals surface area contributed by atoms with Crippen LogP contribution in [-0.2, 0) is 16.0 Å². The molecule has 1 aromatic heterocycles. The molecule has 7 nitrogen and oxygen atoms in total. The number of methoxy groups -OCH3 is 1. The average Bonchev–Trinajstić information content (AvgIpc) is 3.05. The van der Waals surface area contributed by atoms with Gasteiger partial charge in [0.05, 0.1) is 0 Å². The summed E-state index contributed by atoms with van der Waals surface area (Å²) in [7, 11) is 1.46. The second kappa shape index (κ2) is 8.86. The van der Waals surface area contributed by atoms with Gasteiger partial charge in [-0.2, -0.15) is 0 Å². The fourth-order valence-electron chi connectivity index (χ4n) is 2.83. The number of ether oxygens (including phenoxy) is 1. The van der Waals surface area contributed by atoms with Crippen LogP contribution < -0.4 is 16.0 Å². The lowest BCUT2D eigenvalue weighted by Gasteiger charge is -2.10. The second-order valence-electron chi connectivity index (χ2n) is 6.05. The highest BCUT2D eigenvalue weighted by Gasteiger charge is 2.06. The summed E-state index contributed by atoms with van der Waals surface area (Å²) in [6.07, 6.45) is 2.70. The van der Waals surface area contributed by atoms with Crippen molar-refractivity contribution in [2.45, 2.75) is 6.42 Å². The molecule has 0 aliphatic carbocycles. The maximum absolute atomic E-state index is 12.1. The third kappa shape index (κ3) is 5.08. The van der Waals surface area contributed by atoms with Crippen LogP contribution >= 0.6 is 0 Å². The maximum atomic E-state index is 12.1. The Balaban J connectivity index is 1.50. The van der Waals surface area contributed by atoms with E-state index in [0.717, 1.165) is 17.5 Å². The molecule has 0 aliphatic rings. The van der Waals surface area contributed by atoms with Gasteiger partial charge in [0.25, 0.3) is 0 Å². The second-order valence-corrected chi connectivity index (χ2v) is 6.05. The fraction of sp³-hybridized carbons (Fsp3) is 0.200. The van der Waals surface area contributed by atoms with Gasteiger partial charge in [0, 0.05) is 42.1 Å². The van der Waals surface area contributed by atoms with Crippen molar-refractivity contribution >= 4 is 34.2 Å². The number of rotatable bonds is 7. The molecule has 0 unspecified atom stereocenters. The molecule has 0 atom stereocenters. The number of aromatic amines is 1. The van der Waals surface area contributed by atoms with Gasteiger partial charge in [-0.3, -0.25) is 4.79 Å². The SMILES string of the molecule is COCC(=O)Nc1cccc(NC(=O)NCCc2c[nH]c3ccccc23)c1. The third-order valence-electron chi connectivity index (χ3n) is 4.03. The van der Waals surface area contributed by atoms with Crippen molar-refractivity contribution in [1.29, 1.82) is 0 Å². The molecule has 4 N–H and O–H groups in total. The molecule has 1 heterocycles. The molecule has 0 saturated heterocycles. The van der Waals surface area contributed by atoms with Gasteiger partial charge in [-0.15, -0.1) is 0 Å². The zero-order valence-electron chi connectivity index (χ0n) is 15.0. The first kappa shape index (κ1) is 18.5. The molecule has 3 aromatic rings. The molecule has 0 saturated carbocycles. The smallest absolute Gasteiger partial charge is 0.319 e. The van der Waals surface area contributed by atoms with Gasteiger partial charge in [0.15, 0.2) is 0 Å². The number of para-hydroxylation sites is 1. The van der Waals surface area contributed by atoms with E-state index in [-0.39, 0.29) is 18.5 Å². The van der Waals surface area contributed by atoms with Gasteiger partial charge in [-0.05, 0) is 36.2 Å². The highest BCUT2D eigenvalue weighted by Crippen LogP contribution is 2.18. The minimum absolute atomic E-state index is 0.0218. The van der Waals surface area contributed by atoms with E-state index < -0.39 is 0 Å². The Labute approximate surface area is 157 Å². The Hall–Kier alpha value is -3.32. The largest absolute Gasteiger partial charge is 0.375 e. The minimum Gasteiger partial charge on any atom is -0.375 e. The molecule has 0 bridgehead atoms. The average molecular weight is 366 g/mol. The number of anilines is 2. The summed E-state index contributed by atoms with van der Waals surface area (Å²) in [4.78, 5) is 26.9. The summed E-state index contributed by atoms with van der Waals surface area (Å²) < 4.78 is 4.78. The summed E-state index contributed by atoms with van der Waals surface area (Å²) in [6, 6.07) is 14.7. The molecular formula is C20H22N4O3. The molecule has 2 aromatic carbocycles. The van der Waals surface area contributed by atoms with Gasteiger partial charge >= 0.3 is 6.03 Å². The molecule has 27 heavy (non-hydrogen) atoms. The maximum Gasteiger partial charge on any atom is 0.319 e. The monoisotopic (exact) mass is 366 g/mol. The van der Waals surface area contributed by atoms with Crippen molar-refractivity contribution in [2.24, 2.45) is 0 Å². The predicted molar refractivity (Wildman–Crippen MR) is 106 cm³/mol. The molecule has 7 heteroatoms. The number of H-pyrrole nitrogens is 1. The van der Waals surface area contributed by atoms with Gasteiger partial charge < -0.3 is 25.7 Å². The molecule has 0 fully saturated rings. The molecule has 3 rings (SSSR count). The Bertz CT molecular complexity index is 936. The van der Waals surface area contributed by atoms with Crippen LogP contribution in [0.2, 0.25) is 0 Å². The van der Waals surface area contributed by atoms with E-state index in [9.17, 15) is 9.59 Å². The lowest BCUT2D eigenvalue weighted by molar-refractivity contribution is -0.119. The van der Waals surface area contributed by atoms with Crippen molar-refractivity contribution in [3.05, 3.63) is 60.3 Å². The molecule has 140 valence electrons. The van der Waals surface area contributed by atoms with E-state index in [1.165, 1.54) is 12.5 Å².